The number of nitriles is 1. The number of carbonyl (C=O) groups is 1. The number of anilines is 1. The van der Waals surface area contributed by atoms with E-state index in [1.54, 1.807) is 29.2 Å². The van der Waals surface area contributed by atoms with Crippen LogP contribution in [0.4, 0.5) is 5.69 Å². The van der Waals surface area contributed by atoms with Gasteiger partial charge in [-0.1, -0.05) is 17.3 Å². The first-order chi connectivity index (χ1) is 24.8. The van der Waals surface area contributed by atoms with Crippen LogP contribution in [-0.2, 0) is 18.3 Å². The molecule has 260 valence electrons. The van der Waals surface area contributed by atoms with Crippen molar-refractivity contribution in [1.82, 2.24) is 40.1 Å². The molecule has 1 saturated heterocycles. The first kappa shape index (κ1) is 32.6. The Labute approximate surface area is 295 Å². The summed E-state index contributed by atoms with van der Waals surface area (Å²) in [5.41, 5.74) is 11.3. The maximum atomic E-state index is 13.2. The number of ether oxygens (including phenoxy) is 1. The highest BCUT2D eigenvalue weighted by Gasteiger charge is 2.49. The Morgan fingerprint density at radius 2 is 2.04 bits per heavy atom. The van der Waals surface area contributed by atoms with E-state index >= 15 is 0 Å². The minimum atomic E-state index is -0.496. The Kier molecular flexibility index (Phi) is 8.26. The van der Waals surface area contributed by atoms with Crippen molar-refractivity contribution in [2.24, 2.45) is 0 Å². The fourth-order valence-corrected chi connectivity index (χ4v) is 8.30. The molecule has 51 heavy (non-hydrogen) atoms. The molecule has 1 aromatic carbocycles. The summed E-state index contributed by atoms with van der Waals surface area (Å²) in [5, 5.41) is 22.3. The Hall–Kier alpha value is -5.61. The fourth-order valence-electron chi connectivity index (χ4n) is 8.30. The van der Waals surface area contributed by atoms with Gasteiger partial charge in [0.25, 0.3) is 5.91 Å². The third kappa shape index (κ3) is 5.69. The standard InChI is InChI=1S/C38H40N10O3/c1-22(28-9-4-5-17-41-28)42-37(49)29-14-19-48(45-29)31-20-32(50-23(2)30-10-7-18-47(30)3)44-36(43-31)34-25-8-6-15-38(35(25)51-46-34)16-13-24-11-12-27(40)26(21-39)33(24)38/h4-5,9,11-12,14,17,19-20,22-23,30H,6-8,10,13,15-16,18,40H2,1-3H3,(H,42,49)/t22-,23-,30-,38-/m0/s1. The number of fused-ring (bicyclic) bond motifs is 4. The van der Waals surface area contributed by atoms with Gasteiger partial charge < -0.3 is 20.3 Å². The summed E-state index contributed by atoms with van der Waals surface area (Å²) in [7, 11) is 2.11. The van der Waals surface area contributed by atoms with Crippen LogP contribution in [0.15, 0.2) is 59.4 Å². The van der Waals surface area contributed by atoms with Crippen LogP contribution in [0.1, 0.15) is 96.2 Å². The van der Waals surface area contributed by atoms with E-state index in [0.29, 0.717) is 34.5 Å². The van der Waals surface area contributed by atoms with E-state index in [0.717, 1.165) is 79.6 Å². The lowest BCUT2D eigenvalue weighted by atomic mass is 9.68. The number of likely N-dealkylation sites (N-methyl/N-ethyl adjacent to an activating group) is 1. The second-order valence-electron chi connectivity index (χ2n) is 13.9. The zero-order chi connectivity index (χ0) is 35.3. The van der Waals surface area contributed by atoms with E-state index in [2.05, 4.69) is 45.5 Å². The molecule has 13 heteroatoms. The van der Waals surface area contributed by atoms with E-state index in [4.69, 9.17) is 25.0 Å². The summed E-state index contributed by atoms with van der Waals surface area (Å²) in [5.74, 6) is 1.56. The molecule has 3 aliphatic rings. The predicted molar refractivity (Wildman–Crippen MR) is 188 cm³/mol. The second-order valence-corrected chi connectivity index (χ2v) is 13.9. The molecular formula is C38H40N10O3. The molecule has 1 spiro atoms. The maximum Gasteiger partial charge on any atom is 0.272 e. The number of rotatable bonds is 8. The molecule has 1 fully saturated rings. The van der Waals surface area contributed by atoms with Crippen LogP contribution in [0.5, 0.6) is 5.88 Å². The van der Waals surface area contributed by atoms with E-state index in [9.17, 15) is 10.1 Å². The number of benzene rings is 1. The van der Waals surface area contributed by atoms with Crippen molar-refractivity contribution in [3.05, 3.63) is 94.3 Å². The molecule has 4 aromatic heterocycles. The number of hydrogen-bond donors (Lipinski definition) is 2. The average molecular weight is 685 g/mol. The molecule has 1 aliphatic heterocycles. The molecule has 0 unspecified atom stereocenters. The second kappa shape index (κ2) is 12.9. The van der Waals surface area contributed by atoms with Gasteiger partial charge in [0.2, 0.25) is 5.88 Å². The number of nitrogens with two attached hydrogens (primary N) is 1. The summed E-state index contributed by atoms with van der Waals surface area (Å²) >= 11 is 0. The number of nitrogens with zero attached hydrogens (tertiary/aromatic N) is 8. The predicted octanol–water partition coefficient (Wildman–Crippen LogP) is 5.09. The number of hydrogen-bond acceptors (Lipinski definition) is 11. The van der Waals surface area contributed by atoms with Crippen LogP contribution in [0, 0.1) is 11.3 Å². The number of nitrogens with one attached hydrogen (secondary N) is 1. The van der Waals surface area contributed by atoms with Crippen LogP contribution >= 0.6 is 0 Å². The lowest BCUT2D eigenvalue weighted by Crippen LogP contribution is -2.38. The van der Waals surface area contributed by atoms with Crippen molar-refractivity contribution in [3.63, 3.8) is 0 Å². The summed E-state index contributed by atoms with van der Waals surface area (Å²) in [6.45, 7) is 4.96. The Bertz CT molecular complexity index is 2150. The lowest BCUT2D eigenvalue weighted by Gasteiger charge is -2.33. The maximum absolute atomic E-state index is 13.2. The Balaban J connectivity index is 1.17. The minimum Gasteiger partial charge on any atom is -0.473 e. The Morgan fingerprint density at radius 3 is 2.82 bits per heavy atom. The summed E-state index contributed by atoms with van der Waals surface area (Å²) in [4.78, 5) is 29.7. The van der Waals surface area contributed by atoms with Crippen LogP contribution < -0.4 is 15.8 Å². The van der Waals surface area contributed by atoms with Crippen LogP contribution in [0.25, 0.3) is 17.3 Å². The highest BCUT2D eigenvalue weighted by Crippen LogP contribution is 2.54. The van der Waals surface area contributed by atoms with E-state index in [1.165, 1.54) is 0 Å². The molecule has 1 amide bonds. The van der Waals surface area contributed by atoms with Gasteiger partial charge in [0.15, 0.2) is 28.8 Å². The molecule has 0 saturated carbocycles. The Morgan fingerprint density at radius 1 is 1.16 bits per heavy atom. The largest absolute Gasteiger partial charge is 0.473 e. The van der Waals surface area contributed by atoms with Gasteiger partial charge in [-0.15, -0.1) is 0 Å². The van der Waals surface area contributed by atoms with E-state index in [-0.39, 0.29) is 29.8 Å². The summed E-state index contributed by atoms with van der Waals surface area (Å²) < 4.78 is 14.3. The highest BCUT2D eigenvalue weighted by atomic mass is 16.5. The van der Waals surface area contributed by atoms with Gasteiger partial charge in [-0.2, -0.15) is 15.3 Å². The van der Waals surface area contributed by atoms with Crippen molar-refractivity contribution in [2.75, 3.05) is 19.3 Å². The van der Waals surface area contributed by atoms with Crippen LogP contribution in [-0.4, -0.2) is 66.4 Å². The first-order valence-electron chi connectivity index (χ1n) is 17.6. The zero-order valence-corrected chi connectivity index (χ0v) is 29.0. The van der Waals surface area contributed by atoms with Gasteiger partial charge >= 0.3 is 0 Å². The SMILES string of the molecule is C[C@H](NC(=O)c1ccn(-c2cc(O[C@@H](C)[C@@H]3CCCN3C)nc(-c3noc4c3CCC[C@@]43CCc4ccc(N)c(C#N)c43)n2)n1)c1ccccn1. The molecule has 2 aliphatic carbocycles. The van der Waals surface area contributed by atoms with Gasteiger partial charge in [-0.25, -0.2) is 9.67 Å². The van der Waals surface area contributed by atoms with Gasteiger partial charge in [-0.05, 0) is 108 Å². The number of pyridine rings is 1. The third-order valence-corrected chi connectivity index (χ3v) is 10.9. The van der Waals surface area contributed by atoms with Gasteiger partial charge in [0, 0.05) is 35.8 Å². The van der Waals surface area contributed by atoms with E-state index < -0.39 is 5.41 Å². The fraction of sp³-hybridized carbons (Fsp3) is 0.395. The first-order valence-corrected chi connectivity index (χ1v) is 17.6. The van der Waals surface area contributed by atoms with Gasteiger partial charge in [0.1, 0.15) is 12.2 Å². The molecular weight excluding hydrogens is 644 g/mol. The number of nitrogen functional groups attached to an aromatic ring is 1. The van der Waals surface area contributed by atoms with Gasteiger partial charge in [0.05, 0.1) is 22.7 Å². The average Bonchev–Trinajstić information content (AvgIpc) is 3.96. The molecule has 3 N–H and O–H groups in total. The number of likely N-dealkylation sites (tertiary alicyclic amines) is 1. The number of aryl methyl sites for hydroxylation is 1. The molecule has 0 bridgehead atoms. The molecule has 5 aromatic rings. The molecule has 4 atom stereocenters. The van der Waals surface area contributed by atoms with E-state index in [1.807, 2.05) is 37.3 Å². The highest BCUT2D eigenvalue weighted by molar-refractivity contribution is 5.92. The lowest BCUT2D eigenvalue weighted by molar-refractivity contribution is 0.0933. The van der Waals surface area contributed by atoms with Gasteiger partial charge in [-0.3, -0.25) is 14.7 Å². The molecule has 5 heterocycles. The smallest absolute Gasteiger partial charge is 0.272 e. The number of carbonyl (C=O) groups excluding carboxylic acids is 1. The monoisotopic (exact) mass is 684 g/mol. The van der Waals surface area contributed by atoms with Crippen LogP contribution in [0.2, 0.25) is 0 Å². The topological polar surface area (TPSA) is 174 Å². The van der Waals surface area contributed by atoms with Crippen molar-refractivity contribution in [3.8, 4) is 29.3 Å². The normalized spacial score (nSPS) is 20.8. The summed E-state index contributed by atoms with van der Waals surface area (Å²) in [6.07, 6.45) is 9.47. The minimum absolute atomic E-state index is 0.139. The summed E-state index contributed by atoms with van der Waals surface area (Å²) in [6, 6.07) is 15.1. The number of amides is 1. The molecule has 8 rings (SSSR count). The quantitative estimate of drug-likeness (QED) is 0.209. The zero-order valence-electron chi connectivity index (χ0n) is 29.0. The molecule has 0 radical (unpaired) electrons. The number of aromatic nitrogens is 6. The third-order valence-electron chi connectivity index (χ3n) is 10.9. The van der Waals surface area contributed by atoms with Crippen molar-refractivity contribution < 1.29 is 14.1 Å². The van der Waals surface area contributed by atoms with Crippen molar-refractivity contribution in [2.45, 2.75) is 82.4 Å². The molecule has 13 nitrogen and oxygen atoms in total. The van der Waals surface area contributed by atoms with Crippen molar-refractivity contribution in [1.29, 1.82) is 5.26 Å². The van der Waals surface area contributed by atoms with Crippen LogP contribution in [0.3, 0.4) is 0 Å². The van der Waals surface area contributed by atoms with Crippen molar-refractivity contribution >= 4 is 11.6 Å².